The van der Waals surface area contributed by atoms with Crippen molar-refractivity contribution in [2.45, 2.75) is 19.9 Å². The predicted molar refractivity (Wildman–Crippen MR) is 55.7 cm³/mol. The van der Waals surface area contributed by atoms with Crippen molar-refractivity contribution >= 4 is 5.97 Å². The van der Waals surface area contributed by atoms with Crippen molar-refractivity contribution in [3.8, 4) is 0 Å². The average molecular weight is 198 g/mol. The van der Waals surface area contributed by atoms with Crippen LogP contribution in [0.5, 0.6) is 0 Å². The van der Waals surface area contributed by atoms with Crippen LogP contribution < -0.4 is 17.0 Å². The topological polar surface area (TPSA) is 103 Å². The predicted octanol–water partition coefficient (Wildman–Crippen LogP) is 0.839. The number of rotatable bonds is 1. The number of quaternary nitrogens is 1. The Labute approximate surface area is 84.3 Å². The van der Waals surface area contributed by atoms with Crippen LogP contribution in [0.15, 0.2) is 30.3 Å². The van der Waals surface area contributed by atoms with Gasteiger partial charge in [-0.1, -0.05) is 30.3 Å². The molecule has 0 heterocycles. The molecule has 0 fully saturated rings. The first-order chi connectivity index (χ1) is 6.04. The van der Waals surface area contributed by atoms with Crippen LogP contribution in [0.2, 0.25) is 0 Å². The molecule has 0 aliphatic rings. The van der Waals surface area contributed by atoms with Gasteiger partial charge in [-0.25, -0.2) is 0 Å². The molecule has 1 rings (SSSR count). The number of aliphatic carboxylic acids is 1. The molecule has 6 N–H and O–H groups in total. The molecule has 1 aromatic carbocycles. The van der Waals surface area contributed by atoms with Crippen LogP contribution in [-0.4, -0.2) is 5.97 Å². The molecule has 1 aromatic rings. The van der Waals surface area contributed by atoms with Crippen molar-refractivity contribution in [3.05, 3.63) is 35.9 Å². The fraction of sp³-hybridized carbons (Fsp3) is 0.300. The maximum absolute atomic E-state index is 8.89. The Hall–Kier alpha value is -1.39. The second-order valence-corrected chi connectivity index (χ2v) is 2.69. The molecule has 4 nitrogen and oxygen atoms in total. The Bertz CT molecular complexity index is 244. The summed E-state index contributed by atoms with van der Waals surface area (Å²) in [5, 5.41) is 8.89. The zero-order valence-electron chi connectivity index (χ0n) is 8.86. The molecule has 1 unspecified atom stereocenters. The number of nitrogens with two attached hydrogens (primary N) is 1. The van der Waals surface area contributed by atoms with E-state index in [1.54, 1.807) is 0 Å². The summed E-state index contributed by atoms with van der Waals surface area (Å²) in [6, 6.07) is 10.2. The molecule has 0 saturated heterocycles. The van der Waals surface area contributed by atoms with Crippen molar-refractivity contribution in [1.29, 1.82) is 0 Å². The Morgan fingerprint density at radius 1 is 1.36 bits per heavy atom. The van der Waals surface area contributed by atoms with Crippen LogP contribution in [0, 0.1) is 0 Å². The first-order valence-corrected chi connectivity index (χ1v) is 4.02. The fourth-order valence-corrected chi connectivity index (χ4v) is 0.757. The smallest absolute Gasteiger partial charge is 0.0383 e. The summed E-state index contributed by atoms with van der Waals surface area (Å²) >= 11 is 0. The molecule has 80 valence electrons. The van der Waals surface area contributed by atoms with E-state index in [1.165, 1.54) is 5.56 Å². The molecule has 0 aliphatic heterocycles. The van der Waals surface area contributed by atoms with Crippen molar-refractivity contribution in [3.63, 3.8) is 0 Å². The normalized spacial score (nSPS) is 10.2. The number of hydrogen-bond acceptors (Lipinski definition) is 3. The summed E-state index contributed by atoms with van der Waals surface area (Å²) in [6.07, 6.45) is 0. The van der Waals surface area contributed by atoms with Crippen molar-refractivity contribution < 1.29 is 9.90 Å². The molecule has 0 saturated carbocycles. The molecule has 0 radical (unpaired) electrons. The second kappa shape index (κ2) is 8.22. The third-order valence-electron chi connectivity index (χ3n) is 1.33. The van der Waals surface area contributed by atoms with Gasteiger partial charge in [0.25, 0.3) is 0 Å². The van der Waals surface area contributed by atoms with Gasteiger partial charge < -0.3 is 21.8 Å². The van der Waals surface area contributed by atoms with E-state index < -0.39 is 5.97 Å². The van der Waals surface area contributed by atoms with Gasteiger partial charge in [0.1, 0.15) is 0 Å². The van der Waals surface area contributed by atoms with Gasteiger partial charge in [0, 0.05) is 12.0 Å². The van der Waals surface area contributed by atoms with Crippen molar-refractivity contribution in [2.75, 3.05) is 0 Å². The van der Waals surface area contributed by atoms with Gasteiger partial charge in [0.2, 0.25) is 0 Å². The summed E-state index contributed by atoms with van der Waals surface area (Å²) in [5.41, 5.74) is 6.81. The largest absolute Gasteiger partial charge is 0.550 e. The van der Waals surface area contributed by atoms with E-state index >= 15 is 0 Å². The summed E-state index contributed by atoms with van der Waals surface area (Å²) < 4.78 is 0. The molecule has 4 heteroatoms. The molecule has 0 amide bonds. The lowest BCUT2D eigenvalue weighted by Crippen LogP contribution is -2.16. The molecule has 0 aliphatic carbocycles. The minimum atomic E-state index is -1.08. The van der Waals surface area contributed by atoms with Crippen LogP contribution in [0.3, 0.4) is 0 Å². The SMILES string of the molecule is CC(=O)[O-].CC(N)c1ccccc1.[NH4+]. The van der Waals surface area contributed by atoms with Gasteiger partial charge in [-0.15, -0.1) is 0 Å². The first kappa shape index (κ1) is 15.1. The maximum Gasteiger partial charge on any atom is 0.0383 e. The van der Waals surface area contributed by atoms with Crippen molar-refractivity contribution in [1.82, 2.24) is 6.15 Å². The number of carbonyl (C=O) groups excluding carboxylic acids is 1. The highest BCUT2D eigenvalue weighted by atomic mass is 16.4. The zero-order valence-corrected chi connectivity index (χ0v) is 8.86. The number of carboxylic acids is 1. The molecule has 0 aromatic heterocycles. The third kappa shape index (κ3) is 8.70. The summed E-state index contributed by atoms with van der Waals surface area (Å²) in [4.78, 5) is 8.89. The Balaban J connectivity index is 0. The van der Waals surface area contributed by atoms with E-state index in [2.05, 4.69) is 0 Å². The monoisotopic (exact) mass is 198 g/mol. The lowest BCUT2D eigenvalue weighted by atomic mass is 10.1. The standard InChI is InChI=1S/C8H11N.C2H4O2.H3N/c1-7(9)8-5-3-2-4-6-8;1-2(3)4;/h2-7H,9H2,1H3;1H3,(H,3,4);1H3. The van der Waals surface area contributed by atoms with Gasteiger partial charge in [0.15, 0.2) is 0 Å². The summed E-state index contributed by atoms with van der Waals surface area (Å²) in [5.74, 6) is -1.08. The minimum absolute atomic E-state index is 0. The highest BCUT2D eigenvalue weighted by Gasteiger charge is 1.93. The van der Waals surface area contributed by atoms with Gasteiger partial charge in [0.05, 0.1) is 0 Å². The number of carbonyl (C=O) groups is 1. The first-order valence-electron chi connectivity index (χ1n) is 4.02. The quantitative estimate of drug-likeness (QED) is 0.698. The zero-order chi connectivity index (χ0) is 10.3. The van der Waals surface area contributed by atoms with E-state index in [1.807, 2.05) is 37.3 Å². The third-order valence-corrected chi connectivity index (χ3v) is 1.33. The Morgan fingerprint density at radius 3 is 1.93 bits per heavy atom. The average Bonchev–Trinajstić information content (AvgIpc) is 2.05. The van der Waals surface area contributed by atoms with Crippen LogP contribution in [0.25, 0.3) is 0 Å². The number of carboxylic acid groups (broad SMARTS) is 1. The maximum atomic E-state index is 8.89. The van der Waals surface area contributed by atoms with Gasteiger partial charge in [-0.2, -0.15) is 0 Å². The van der Waals surface area contributed by atoms with Crippen LogP contribution in [0.1, 0.15) is 25.5 Å². The van der Waals surface area contributed by atoms with Crippen LogP contribution in [0.4, 0.5) is 0 Å². The second-order valence-electron chi connectivity index (χ2n) is 2.69. The Morgan fingerprint density at radius 2 is 1.71 bits per heavy atom. The highest BCUT2D eigenvalue weighted by molar-refractivity contribution is 5.60. The highest BCUT2D eigenvalue weighted by Crippen LogP contribution is 2.06. The lowest BCUT2D eigenvalue weighted by Gasteiger charge is -2.02. The Kier molecular flexibility index (Phi) is 8.86. The van der Waals surface area contributed by atoms with E-state index in [-0.39, 0.29) is 12.2 Å². The molecule has 0 spiro atoms. The summed E-state index contributed by atoms with van der Waals surface area (Å²) in [7, 11) is 0. The van der Waals surface area contributed by atoms with Crippen LogP contribution in [-0.2, 0) is 4.79 Å². The lowest BCUT2D eigenvalue weighted by molar-refractivity contribution is -0.302. The molecular formula is C10H18N2O2. The number of benzene rings is 1. The van der Waals surface area contributed by atoms with E-state index in [0.717, 1.165) is 6.92 Å². The molecule has 14 heavy (non-hydrogen) atoms. The summed E-state index contributed by atoms with van der Waals surface area (Å²) in [6.45, 7) is 2.95. The van der Waals surface area contributed by atoms with Crippen LogP contribution >= 0.6 is 0 Å². The van der Waals surface area contributed by atoms with Gasteiger partial charge in [-0.3, -0.25) is 0 Å². The molecular weight excluding hydrogens is 180 g/mol. The van der Waals surface area contributed by atoms with Crippen molar-refractivity contribution in [2.24, 2.45) is 5.73 Å². The van der Waals surface area contributed by atoms with Gasteiger partial charge >= 0.3 is 0 Å². The van der Waals surface area contributed by atoms with E-state index in [0.29, 0.717) is 0 Å². The minimum Gasteiger partial charge on any atom is -0.550 e. The van der Waals surface area contributed by atoms with Gasteiger partial charge in [-0.05, 0) is 19.4 Å². The molecule has 1 atom stereocenters. The number of hydrogen-bond donors (Lipinski definition) is 2. The fourth-order valence-electron chi connectivity index (χ4n) is 0.757. The van der Waals surface area contributed by atoms with E-state index in [4.69, 9.17) is 15.6 Å². The molecule has 0 bridgehead atoms. The van der Waals surface area contributed by atoms with E-state index in [9.17, 15) is 0 Å².